The average Bonchev–Trinajstić information content (AvgIpc) is 2.67. The summed E-state index contributed by atoms with van der Waals surface area (Å²) in [6.45, 7) is -0.512. The lowest BCUT2D eigenvalue weighted by molar-refractivity contribution is -0.0548. The van der Waals surface area contributed by atoms with Crippen LogP contribution in [-0.4, -0.2) is 49.8 Å². The van der Waals surface area contributed by atoms with E-state index < -0.39 is 36.8 Å². The number of hydrogen-bond donors (Lipinski definition) is 5. The predicted molar refractivity (Wildman–Crippen MR) is 60.7 cm³/mol. The van der Waals surface area contributed by atoms with Crippen LogP contribution in [0.1, 0.15) is 6.23 Å². The molecule has 1 aromatic heterocycles. The van der Waals surface area contributed by atoms with Crippen LogP contribution in [0.3, 0.4) is 0 Å². The Morgan fingerprint density at radius 3 is 2.74 bits per heavy atom. The van der Waals surface area contributed by atoms with E-state index in [1.54, 1.807) is 0 Å². The van der Waals surface area contributed by atoms with E-state index in [0.29, 0.717) is 0 Å². The number of nitrogens with one attached hydrogen (secondary N) is 1. The van der Waals surface area contributed by atoms with Gasteiger partial charge in [-0.2, -0.15) is 10.1 Å². The molecule has 4 atom stereocenters. The third-order valence-electron chi connectivity index (χ3n) is 2.87. The number of aliphatic hydroxyl groups is 3. The number of anilines is 1. The number of aromatic nitrogens is 2. The summed E-state index contributed by atoms with van der Waals surface area (Å²) >= 11 is 0. The molecule has 0 unspecified atom stereocenters. The highest BCUT2D eigenvalue weighted by molar-refractivity contribution is 5.54. The largest absolute Gasteiger partial charge is 0.394 e. The lowest BCUT2D eigenvalue weighted by atomic mass is 10.1. The van der Waals surface area contributed by atoms with Gasteiger partial charge in [-0.3, -0.25) is 4.57 Å². The smallest absolute Gasteiger partial charge is 0.351 e. The summed E-state index contributed by atoms with van der Waals surface area (Å²) < 4.78 is 6.04. The normalized spacial score (nSPS) is 30.5. The number of hydrogen-bond acceptors (Lipinski definition) is 9. The Morgan fingerprint density at radius 1 is 1.53 bits per heavy atom. The molecule has 19 heavy (non-hydrogen) atoms. The van der Waals surface area contributed by atoms with Gasteiger partial charge in [0.2, 0.25) is 0 Å². The van der Waals surface area contributed by atoms with E-state index in [4.69, 9.17) is 21.1 Å². The molecule has 10 nitrogen and oxygen atoms in total. The molecule has 2 heterocycles. The first-order valence-electron chi connectivity index (χ1n) is 5.38. The van der Waals surface area contributed by atoms with Crippen molar-refractivity contribution in [3.8, 4) is 0 Å². The van der Waals surface area contributed by atoms with Crippen molar-refractivity contribution in [3.05, 3.63) is 16.7 Å². The molecule has 0 aromatic carbocycles. The third kappa shape index (κ3) is 2.21. The minimum Gasteiger partial charge on any atom is -0.394 e. The number of aliphatic hydroxyl groups excluding tert-OH is 3. The molecule has 0 saturated carbocycles. The molecule has 10 heteroatoms. The topological polar surface area (TPSA) is 167 Å². The van der Waals surface area contributed by atoms with Gasteiger partial charge >= 0.3 is 5.69 Å². The summed E-state index contributed by atoms with van der Waals surface area (Å²) in [5.74, 6) is -0.219. The second-order valence-corrected chi connectivity index (χ2v) is 4.04. The first-order chi connectivity index (χ1) is 8.99. The SMILES string of the molecule is N=Nc1cn([C@@H]2O[C@H](CO)[C@@H](O)[C@H]2O)c(=O)nc1N. The van der Waals surface area contributed by atoms with Crippen LogP contribution in [0.2, 0.25) is 0 Å². The maximum atomic E-state index is 11.7. The fourth-order valence-corrected chi connectivity index (χ4v) is 1.85. The van der Waals surface area contributed by atoms with Crippen LogP contribution < -0.4 is 11.4 Å². The standard InChI is InChI=1S/C9H13N5O5/c10-7-3(13-11)1-14(9(18)12-7)8-6(17)5(16)4(2-15)19-8/h1,4-6,8,11,15-17H,2H2,(H2,10,12,18)/t4-,5-,6-,8-/m1/s1. The summed E-state index contributed by atoms with van der Waals surface area (Å²) in [5, 5.41) is 31.4. The van der Waals surface area contributed by atoms with E-state index in [9.17, 15) is 15.0 Å². The predicted octanol–water partition coefficient (Wildman–Crippen LogP) is -1.90. The van der Waals surface area contributed by atoms with Gasteiger partial charge in [-0.25, -0.2) is 10.3 Å². The van der Waals surface area contributed by atoms with E-state index in [-0.39, 0.29) is 11.5 Å². The fourth-order valence-electron chi connectivity index (χ4n) is 1.85. The molecule has 0 aliphatic carbocycles. The molecule has 0 bridgehead atoms. The highest BCUT2D eigenvalue weighted by Gasteiger charge is 2.43. The average molecular weight is 271 g/mol. The highest BCUT2D eigenvalue weighted by Crippen LogP contribution is 2.29. The van der Waals surface area contributed by atoms with Gasteiger partial charge in [0.15, 0.2) is 12.0 Å². The lowest BCUT2D eigenvalue weighted by Crippen LogP contribution is -2.36. The third-order valence-corrected chi connectivity index (χ3v) is 2.87. The molecule has 0 spiro atoms. The van der Waals surface area contributed by atoms with Crippen molar-refractivity contribution < 1.29 is 20.1 Å². The first-order valence-corrected chi connectivity index (χ1v) is 5.38. The molecule has 2 rings (SSSR count). The second-order valence-electron chi connectivity index (χ2n) is 4.04. The zero-order chi connectivity index (χ0) is 14.2. The molecule has 1 aromatic rings. The van der Waals surface area contributed by atoms with Crippen LogP contribution in [0.25, 0.3) is 0 Å². The Balaban J connectivity index is 2.43. The second kappa shape index (κ2) is 5.01. The van der Waals surface area contributed by atoms with Crippen LogP contribution in [0, 0.1) is 5.53 Å². The number of nitrogen functional groups attached to an aromatic ring is 1. The van der Waals surface area contributed by atoms with Crippen molar-refractivity contribution in [2.75, 3.05) is 12.3 Å². The summed E-state index contributed by atoms with van der Waals surface area (Å²) in [7, 11) is 0. The zero-order valence-electron chi connectivity index (χ0n) is 9.67. The van der Waals surface area contributed by atoms with Crippen molar-refractivity contribution in [1.29, 1.82) is 5.53 Å². The van der Waals surface area contributed by atoms with Gasteiger partial charge in [0.25, 0.3) is 0 Å². The molecule has 1 aliphatic rings. The zero-order valence-corrected chi connectivity index (χ0v) is 9.67. The van der Waals surface area contributed by atoms with E-state index >= 15 is 0 Å². The molecule has 6 N–H and O–H groups in total. The molecule has 1 fully saturated rings. The quantitative estimate of drug-likeness (QED) is 0.400. The number of rotatable bonds is 3. The molecule has 1 saturated heterocycles. The molecular weight excluding hydrogens is 258 g/mol. The van der Waals surface area contributed by atoms with Crippen molar-refractivity contribution >= 4 is 11.5 Å². The van der Waals surface area contributed by atoms with Gasteiger partial charge < -0.3 is 25.8 Å². The Bertz CT molecular complexity index is 546. The van der Waals surface area contributed by atoms with E-state index in [2.05, 4.69) is 10.1 Å². The van der Waals surface area contributed by atoms with Gasteiger partial charge in [0.1, 0.15) is 24.0 Å². The van der Waals surface area contributed by atoms with Crippen molar-refractivity contribution in [2.24, 2.45) is 5.11 Å². The van der Waals surface area contributed by atoms with Crippen molar-refractivity contribution in [1.82, 2.24) is 9.55 Å². The molecule has 0 radical (unpaired) electrons. The summed E-state index contributed by atoms with van der Waals surface area (Å²) in [6, 6.07) is 0. The van der Waals surface area contributed by atoms with Gasteiger partial charge in [0, 0.05) is 6.20 Å². The van der Waals surface area contributed by atoms with E-state index in [0.717, 1.165) is 10.8 Å². The lowest BCUT2D eigenvalue weighted by Gasteiger charge is -2.17. The summed E-state index contributed by atoms with van der Waals surface area (Å²) in [6.07, 6.45) is -3.90. The van der Waals surface area contributed by atoms with Crippen LogP contribution >= 0.6 is 0 Å². The van der Waals surface area contributed by atoms with Gasteiger partial charge in [-0.15, -0.1) is 0 Å². The Labute approximate surface area is 106 Å². The van der Waals surface area contributed by atoms with E-state index in [1.807, 2.05) is 0 Å². The van der Waals surface area contributed by atoms with Gasteiger partial charge in [-0.1, -0.05) is 0 Å². The highest BCUT2D eigenvalue weighted by atomic mass is 16.6. The Morgan fingerprint density at radius 2 is 2.21 bits per heavy atom. The van der Waals surface area contributed by atoms with Crippen LogP contribution in [-0.2, 0) is 4.74 Å². The molecule has 104 valence electrons. The number of nitrogens with zero attached hydrogens (tertiary/aromatic N) is 3. The van der Waals surface area contributed by atoms with E-state index in [1.165, 1.54) is 0 Å². The van der Waals surface area contributed by atoms with Crippen molar-refractivity contribution in [3.63, 3.8) is 0 Å². The molecular formula is C9H13N5O5. The molecule has 1 aliphatic heterocycles. The Hall–Kier alpha value is -1.88. The van der Waals surface area contributed by atoms with Crippen molar-refractivity contribution in [2.45, 2.75) is 24.5 Å². The summed E-state index contributed by atoms with van der Waals surface area (Å²) in [4.78, 5) is 15.1. The first kappa shape index (κ1) is 13.5. The number of ether oxygens (including phenoxy) is 1. The number of nitrogens with two attached hydrogens (primary N) is 1. The minimum absolute atomic E-state index is 0.0719. The maximum Gasteiger partial charge on any atom is 0.351 e. The minimum atomic E-state index is -1.42. The summed E-state index contributed by atoms with van der Waals surface area (Å²) in [5.41, 5.74) is 11.4. The van der Waals surface area contributed by atoms with Crippen LogP contribution in [0.4, 0.5) is 11.5 Å². The monoisotopic (exact) mass is 271 g/mol. The van der Waals surface area contributed by atoms with Crippen LogP contribution in [0.5, 0.6) is 0 Å². The van der Waals surface area contributed by atoms with Crippen LogP contribution in [0.15, 0.2) is 16.1 Å². The Kier molecular flexibility index (Phi) is 3.57. The fraction of sp³-hybridized carbons (Fsp3) is 0.556. The van der Waals surface area contributed by atoms with Gasteiger partial charge in [-0.05, 0) is 0 Å². The maximum absolute atomic E-state index is 11.7. The van der Waals surface area contributed by atoms with Gasteiger partial charge in [0.05, 0.1) is 6.61 Å². The molecule has 0 amide bonds.